The Morgan fingerprint density at radius 3 is 2.22 bits per heavy atom. The van der Waals surface area contributed by atoms with Crippen LogP contribution in [0.2, 0.25) is 0 Å². The Labute approximate surface area is 211 Å². The molecule has 2 saturated heterocycles. The van der Waals surface area contributed by atoms with E-state index in [-0.39, 0.29) is 30.4 Å². The fraction of sp³-hybridized carbons (Fsp3) is 0.444. The first-order valence-corrected chi connectivity index (χ1v) is 12.1. The highest BCUT2D eigenvalue weighted by atomic mass is 16.5. The number of amides is 3. The first-order chi connectivity index (χ1) is 17.3. The molecule has 2 fully saturated rings. The third-order valence-electron chi connectivity index (χ3n) is 6.70. The van der Waals surface area contributed by atoms with Gasteiger partial charge in [-0.1, -0.05) is 6.07 Å². The summed E-state index contributed by atoms with van der Waals surface area (Å²) in [6, 6.07) is 13.0. The highest BCUT2D eigenvalue weighted by Crippen LogP contribution is 2.39. The zero-order chi connectivity index (χ0) is 25.9. The van der Waals surface area contributed by atoms with Crippen LogP contribution in [-0.2, 0) is 9.53 Å². The molecule has 36 heavy (non-hydrogen) atoms. The maximum absolute atomic E-state index is 13.8. The third-order valence-corrected chi connectivity index (χ3v) is 6.70. The van der Waals surface area contributed by atoms with Crippen LogP contribution in [0, 0.1) is 0 Å². The second-order valence-corrected chi connectivity index (χ2v) is 9.36. The van der Waals surface area contributed by atoms with Gasteiger partial charge in [0, 0.05) is 43.1 Å². The number of hydrogen-bond donors (Lipinski definition) is 1. The summed E-state index contributed by atoms with van der Waals surface area (Å²) in [5.74, 6) is 0.607. The van der Waals surface area contributed by atoms with Crippen molar-refractivity contribution in [2.24, 2.45) is 0 Å². The van der Waals surface area contributed by atoms with Crippen molar-refractivity contribution in [3.63, 3.8) is 0 Å². The smallest absolute Gasteiger partial charge is 0.256 e. The van der Waals surface area contributed by atoms with Gasteiger partial charge in [0.25, 0.3) is 11.8 Å². The van der Waals surface area contributed by atoms with Crippen LogP contribution in [0.25, 0.3) is 0 Å². The predicted molar refractivity (Wildman–Crippen MR) is 133 cm³/mol. The summed E-state index contributed by atoms with van der Waals surface area (Å²) in [6.45, 7) is 4.63. The van der Waals surface area contributed by atoms with E-state index >= 15 is 0 Å². The van der Waals surface area contributed by atoms with Crippen molar-refractivity contribution in [3.05, 3.63) is 59.7 Å². The summed E-state index contributed by atoms with van der Waals surface area (Å²) < 4.78 is 16.7. The van der Waals surface area contributed by atoms with E-state index in [0.717, 1.165) is 0 Å². The molecule has 2 aromatic carbocycles. The lowest BCUT2D eigenvalue weighted by Crippen LogP contribution is -2.60. The average molecular weight is 496 g/mol. The lowest BCUT2D eigenvalue weighted by atomic mass is 9.96. The lowest BCUT2D eigenvalue weighted by molar-refractivity contribution is -0.128. The molecule has 3 amide bonds. The van der Waals surface area contributed by atoms with E-state index < -0.39 is 11.8 Å². The maximum Gasteiger partial charge on any atom is 0.256 e. The zero-order valence-electron chi connectivity index (χ0n) is 21.2. The Morgan fingerprint density at radius 1 is 0.944 bits per heavy atom. The molecule has 0 saturated carbocycles. The van der Waals surface area contributed by atoms with Gasteiger partial charge in [-0.2, -0.15) is 0 Å². The Hall–Kier alpha value is -3.59. The molecule has 9 heteroatoms. The van der Waals surface area contributed by atoms with E-state index in [2.05, 4.69) is 5.32 Å². The predicted octanol–water partition coefficient (Wildman–Crippen LogP) is 2.70. The molecule has 1 atom stereocenters. The number of methoxy groups -OCH3 is 2. The SMILES string of the molecule is COc1ccc(C(=O)N2C(C(=O)NC(C)C)COC23CCN(C(=O)c2cccc(OC)c2)CC3)cc1. The quantitative estimate of drug-likeness (QED) is 0.662. The van der Waals surface area contributed by atoms with Crippen LogP contribution in [0.3, 0.4) is 0 Å². The molecule has 1 unspecified atom stereocenters. The van der Waals surface area contributed by atoms with Gasteiger partial charge in [0.1, 0.15) is 23.3 Å². The number of rotatable bonds is 6. The van der Waals surface area contributed by atoms with Gasteiger partial charge in [-0.25, -0.2) is 0 Å². The zero-order valence-corrected chi connectivity index (χ0v) is 21.2. The van der Waals surface area contributed by atoms with Crippen LogP contribution in [0.15, 0.2) is 48.5 Å². The van der Waals surface area contributed by atoms with Gasteiger partial charge in [-0.05, 0) is 56.3 Å². The third kappa shape index (κ3) is 5.02. The molecule has 4 rings (SSSR count). The van der Waals surface area contributed by atoms with Crippen LogP contribution in [0.5, 0.6) is 11.5 Å². The summed E-state index contributed by atoms with van der Waals surface area (Å²) in [5.41, 5.74) is 0.0112. The Balaban J connectivity index is 1.57. The normalized spacial score (nSPS) is 18.9. The van der Waals surface area contributed by atoms with Gasteiger partial charge in [-0.15, -0.1) is 0 Å². The lowest BCUT2D eigenvalue weighted by Gasteiger charge is -2.44. The standard InChI is InChI=1S/C27H33N3O6/c1-18(2)28-24(31)23-17-36-27(30(23)26(33)19-8-10-21(34-3)11-9-19)12-14-29(15-13-27)25(32)20-6-5-7-22(16-20)35-4/h5-11,16,18,23H,12-15,17H2,1-4H3,(H,28,31). The number of piperidine rings is 1. The van der Waals surface area contributed by atoms with Gasteiger partial charge in [0.15, 0.2) is 0 Å². The van der Waals surface area contributed by atoms with Crippen LogP contribution in [0.1, 0.15) is 47.4 Å². The van der Waals surface area contributed by atoms with E-state index in [4.69, 9.17) is 14.2 Å². The topological polar surface area (TPSA) is 97.4 Å². The number of benzene rings is 2. The molecule has 0 radical (unpaired) electrons. The molecular weight excluding hydrogens is 462 g/mol. The van der Waals surface area contributed by atoms with Crippen molar-refractivity contribution in [3.8, 4) is 11.5 Å². The van der Waals surface area contributed by atoms with E-state index in [0.29, 0.717) is 48.6 Å². The van der Waals surface area contributed by atoms with Crippen LogP contribution in [-0.4, -0.2) is 79.2 Å². The van der Waals surface area contributed by atoms with Crippen molar-refractivity contribution in [1.82, 2.24) is 15.1 Å². The summed E-state index contributed by atoms with van der Waals surface area (Å²) in [4.78, 5) is 43.3. The van der Waals surface area contributed by atoms with Crippen molar-refractivity contribution >= 4 is 17.7 Å². The van der Waals surface area contributed by atoms with Crippen molar-refractivity contribution in [2.45, 2.75) is 44.5 Å². The number of carbonyl (C=O) groups is 3. The summed E-state index contributed by atoms with van der Waals surface area (Å²) in [7, 11) is 3.12. The van der Waals surface area contributed by atoms with Crippen LogP contribution >= 0.6 is 0 Å². The van der Waals surface area contributed by atoms with Gasteiger partial charge in [0.2, 0.25) is 5.91 Å². The van der Waals surface area contributed by atoms with E-state index in [1.165, 1.54) is 0 Å². The molecule has 9 nitrogen and oxygen atoms in total. The van der Waals surface area contributed by atoms with Gasteiger partial charge < -0.3 is 24.4 Å². The Morgan fingerprint density at radius 2 is 1.61 bits per heavy atom. The van der Waals surface area contributed by atoms with Crippen molar-refractivity contribution in [2.75, 3.05) is 33.9 Å². The summed E-state index contributed by atoms with van der Waals surface area (Å²) in [6.07, 6.45) is 0.798. The number of likely N-dealkylation sites (tertiary alicyclic amines) is 1. The minimum Gasteiger partial charge on any atom is -0.497 e. The fourth-order valence-corrected chi connectivity index (χ4v) is 4.82. The van der Waals surface area contributed by atoms with E-state index in [9.17, 15) is 14.4 Å². The van der Waals surface area contributed by atoms with Crippen molar-refractivity contribution < 1.29 is 28.6 Å². The molecule has 192 valence electrons. The largest absolute Gasteiger partial charge is 0.497 e. The van der Waals surface area contributed by atoms with E-state index in [1.54, 1.807) is 72.6 Å². The summed E-state index contributed by atoms with van der Waals surface area (Å²) in [5, 5.41) is 2.91. The van der Waals surface area contributed by atoms with Crippen LogP contribution < -0.4 is 14.8 Å². The monoisotopic (exact) mass is 495 g/mol. The number of carbonyl (C=O) groups excluding carboxylic acids is 3. The van der Waals surface area contributed by atoms with Gasteiger partial charge in [0.05, 0.1) is 20.8 Å². The second-order valence-electron chi connectivity index (χ2n) is 9.36. The average Bonchev–Trinajstić information content (AvgIpc) is 3.26. The number of hydrogen-bond acceptors (Lipinski definition) is 6. The van der Waals surface area contributed by atoms with Crippen LogP contribution in [0.4, 0.5) is 0 Å². The maximum atomic E-state index is 13.8. The van der Waals surface area contributed by atoms with Crippen molar-refractivity contribution in [1.29, 1.82) is 0 Å². The molecule has 1 N–H and O–H groups in total. The molecular formula is C27H33N3O6. The van der Waals surface area contributed by atoms with E-state index in [1.807, 2.05) is 13.8 Å². The number of nitrogens with zero attached hydrogens (tertiary/aromatic N) is 2. The highest BCUT2D eigenvalue weighted by Gasteiger charge is 2.54. The molecule has 2 aliphatic rings. The minimum atomic E-state index is -0.971. The Kier molecular flexibility index (Phi) is 7.49. The molecule has 0 aromatic heterocycles. The molecule has 1 spiro atoms. The molecule has 0 bridgehead atoms. The Bertz CT molecular complexity index is 1110. The molecule has 2 heterocycles. The van der Waals surface area contributed by atoms with Gasteiger partial charge in [-0.3, -0.25) is 19.3 Å². The van der Waals surface area contributed by atoms with Gasteiger partial charge >= 0.3 is 0 Å². The molecule has 2 aromatic rings. The summed E-state index contributed by atoms with van der Waals surface area (Å²) >= 11 is 0. The number of nitrogens with one attached hydrogen (secondary N) is 1. The fourth-order valence-electron chi connectivity index (χ4n) is 4.82. The molecule has 2 aliphatic heterocycles. The first-order valence-electron chi connectivity index (χ1n) is 12.1. The second kappa shape index (κ2) is 10.6. The highest BCUT2D eigenvalue weighted by molar-refractivity contribution is 5.99. The number of ether oxygens (including phenoxy) is 3. The minimum absolute atomic E-state index is 0.0747. The molecule has 0 aliphatic carbocycles. The first kappa shape index (κ1) is 25.5.